The molecule has 0 aliphatic heterocycles. The van der Waals surface area contributed by atoms with E-state index in [9.17, 15) is 9.59 Å². The Morgan fingerprint density at radius 1 is 0.885 bits per heavy atom. The van der Waals surface area contributed by atoms with E-state index in [1.54, 1.807) is 0 Å². The van der Waals surface area contributed by atoms with Gasteiger partial charge in [-0.3, -0.25) is 9.59 Å². The molecule has 0 aliphatic rings. The van der Waals surface area contributed by atoms with E-state index >= 15 is 0 Å². The van der Waals surface area contributed by atoms with Crippen LogP contribution in [-0.2, 0) is 23.8 Å². The van der Waals surface area contributed by atoms with Gasteiger partial charge in [-0.2, -0.15) is 0 Å². The van der Waals surface area contributed by atoms with Gasteiger partial charge in [0.05, 0.1) is 0 Å². The summed E-state index contributed by atoms with van der Waals surface area (Å²) in [7, 11) is 0. The number of ether oxygens (including phenoxy) is 3. The Morgan fingerprint density at radius 2 is 1.46 bits per heavy atom. The maximum Gasteiger partial charge on any atom is 0.306 e. The summed E-state index contributed by atoms with van der Waals surface area (Å²) in [5.41, 5.74) is 0. The number of carbonyl (C=O) groups excluding carboxylic acids is 2. The summed E-state index contributed by atoms with van der Waals surface area (Å²) >= 11 is 0. The standard InChI is InChI=1S/C19H35NO6/c1-6-9-17(20-23)25-15(12-14(4)5)16(26-19(22)11-8-3)13-24-18(21)10-7-2/h14-16,23H,6-13H2,1-5H3. The minimum atomic E-state index is -0.745. The van der Waals surface area contributed by atoms with E-state index < -0.39 is 12.2 Å². The highest BCUT2D eigenvalue weighted by Crippen LogP contribution is 2.18. The zero-order chi connectivity index (χ0) is 19.9. The van der Waals surface area contributed by atoms with Crippen LogP contribution in [-0.4, -0.2) is 41.9 Å². The molecule has 7 nitrogen and oxygen atoms in total. The molecule has 0 aromatic carbocycles. The number of carbonyl (C=O) groups is 2. The van der Waals surface area contributed by atoms with E-state index in [0.29, 0.717) is 32.1 Å². The van der Waals surface area contributed by atoms with E-state index in [0.717, 1.165) is 6.42 Å². The lowest BCUT2D eigenvalue weighted by Gasteiger charge is -2.28. The molecule has 0 radical (unpaired) electrons. The van der Waals surface area contributed by atoms with Crippen molar-refractivity contribution in [3.8, 4) is 0 Å². The summed E-state index contributed by atoms with van der Waals surface area (Å²) < 4.78 is 16.6. The van der Waals surface area contributed by atoms with Crippen molar-refractivity contribution >= 4 is 17.8 Å². The van der Waals surface area contributed by atoms with Crippen LogP contribution in [0.2, 0.25) is 0 Å². The van der Waals surface area contributed by atoms with Crippen LogP contribution in [0, 0.1) is 5.92 Å². The lowest BCUT2D eigenvalue weighted by atomic mass is 10.0. The quantitative estimate of drug-likeness (QED) is 0.172. The number of esters is 2. The van der Waals surface area contributed by atoms with Gasteiger partial charge in [0.15, 0.2) is 6.10 Å². The van der Waals surface area contributed by atoms with Gasteiger partial charge in [0.2, 0.25) is 5.90 Å². The molecular formula is C19H35NO6. The van der Waals surface area contributed by atoms with E-state index in [4.69, 9.17) is 19.4 Å². The second-order valence-corrected chi connectivity index (χ2v) is 6.74. The normalized spacial score (nSPS) is 14.0. The molecule has 0 rings (SSSR count). The summed E-state index contributed by atoms with van der Waals surface area (Å²) in [5.74, 6) is -0.258. The zero-order valence-corrected chi connectivity index (χ0v) is 16.8. The molecule has 152 valence electrons. The molecule has 7 heteroatoms. The molecule has 0 heterocycles. The van der Waals surface area contributed by atoms with E-state index in [-0.39, 0.29) is 36.8 Å². The Bertz CT molecular complexity index is 436. The van der Waals surface area contributed by atoms with Crippen LogP contribution in [0.3, 0.4) is 0 Å². The van der Waals surface area contributed by atoms with Crippen LogP contribution in [0.5, 0.6) is 0 Å². The highest BCUT2D eigenvalue weighted by molar-refractivity contribution is 5.75. The predicted molar refractivity (Wildman–Crippen MR) is 99.1 cm³/mol. The fourth-order valence-electron chi connectivity index (χ4n) is 2.36. The Morgan fingerprint density at radius 3 is 1.96 bits per heavy atom. The zero-order valence-electron chi connectivity index (χ0n) is 16.8. The number of rotatable bonds is 13. The number of hydrogen-bond donors (Lipinski definition) is 1. The lowest BCUT2D eigenvalue weighted by Crippen LogP contribution is -2.40. The summed E-state index contributed by atoms with van der Waals surface area (Å²) in [5, 5.41) is 12.3. The first-order valence-corrected chi connectivity index (χ1v) is 9.60. The topological polar surface area (TPSA) is 94.4 Å². The average Bonchev–Trinajstić information content (AvgIpc) is 2.57. The third-order valence-corrected chi connectivity index (χ3v) is 3.58. The van der Waals surface area contributed by atoms with Gasteiger partial charge in [0.1, 0.15) is 12.7 Å². The molecule has 0 aromatic heterocycles. The Hall–Kier alpha value is -1.79. The van der Waals surface area contributed by atoms with Crippen LogP contribution in [0.1, 0.15) is 79.6 Å². The first kappa shape index (κ1) is 24.2. The van der Waals surface area contributed by atoms with Crippen LogP contribution < -0.4 is 0 Å². The van der Waals surface area contributed by atoms with Gasteiger partial charge >= 0.3 is 11.9 Å². The molecule has 0 fully saturated rings. The van der Waals surface area contributed by atoms with Crippen LogP contribution in [0.15, 0.2) is 5.16 Å². The van der Waals surface area contributed by atoms with Crippen molar-refractivity contribution in [2.45, 2.75) is 91.8 Å². The lowest BCUT2D eigenvalue weighted by molar-refractivity contribution is -0.166. The van der Waals surface area contributed by atoms with Crippen molar-refractivity contribution in [1.29, 1.82) is 0 Å². The SMILES string of the molecule is CCCC(=O)OCC(OC(=O)CCC)C(CC(C)C)OC(CCC)=NO. The van der Waals surface area contributed by atoms with Gasteiger partial charge in [-0.05, 0) is 31.6 Å². The van der Waals surface area contributed by atoms with Gasteiger partial charge in [-0.25, -0.2) is 0 Å². The van der Waals surface area contributed by atoms with Gasteiger partial charge < -0.3 is 19.4 Å². The third-order valence-electron chi connectivity index (χ3n) is 3.58. The van der Waals surface area contributed by atoms with Crippen molar-refractivity contribution in [3.05, 3.63) is 0 Å². The fraction of sp³-hybridized carbons (Fsp3) is 0.842. The predicted octanol–water partition coefficient (Wildman–Crippen LogP) is 4.06. The first-order chi connectivity index (χ1) is 12.4. The maximum atomic E-state index is 12.0. The van der Waals surface area contributed by atoms with E-state index in [1.807, 2.05) is 34.6 Å². The second kappa shape index (κ2) is 14.4. The Labute approximate surface area is 157 Å². The van der Waals surface area contributed by atoms with Crippen LogP contribution >= 0.6 is 0 Å². The fourth-order valence-corrected chi connectivity index (χ4v) is 2.36. The molecule has 0 bridgehead atoms. The minimum Gasteiger partial charge on any atom is -0.471 e. The number of oxime groups is 1. The summed E-state index contributed by atoms with van der Waals surface area (Å²) in [6.07, 6.45) is 2.43. The highest BCUT2D eigenvalue weighted by Gasteiger charge is 2.30. The Balaban J connectivity index is 5.24. The molecule has 2 unspecified atom stereocenters. The van der Waals surface area contributed by atoms with Gasteiger partial charge in [0.25, 0.3) is 0 Å². The number of nitrogens with zero attached hydrogens (tertiary/aromatic N) is 1. The first-order valence-electron chi connectivity index (χ1n) is 9.60. The summed E-state index contributed by atoms with van der Waals surface area (Å²) in [6.45, 7) is 9.67. The van der Waals surface area contributed by atoms with Crippen molar-refractivity contribution in [3.63, 3.8) is 0 Å². The van der Waals surface area contributed by atoms with Crippen molar-refractivity contribution in [2.75, 3.05) is 6.61 Å². The molecular weight excluding hydrogens is 338 g/mol. The van der Waals surface area contributed by atoms with E-state index in [2.05, 4.69) is 5.16 Å². The maximum absolute atomic E-state index is 12.0. The molecule has 0 spiro atoms. The second-order valence-electron chi connectivity index (χ2n) is 6.74. The van der Waals surface area contributed by atoms with Gasteiger partial charge in [-0.1, -0.05) is 39.8 Å². The molecule has 26 heavy (non-hydrogen) atoms. The number of hydrogen-bond acceptors (Lipinski definition) is 7. The Kier molecular flexibility index (Phi) is 13.4. The van der Waals surface area contributed by atoms with Gasteiger partial charge in [0, 0.05) is 19.3 Å². The highest BCUT2D eigenvalue weighted by atomic mass is 16.6. The summed E-state index contributed by atoms with van der Waals surface area (Å²) in [4.78, 5) is 23.7. The van der Waals surface area contributed by atoms with Crippen molar-refractivity contribution in [2.24, 2.45) is 11.1 Å². The molecule has 0 saturated heterocycles. The third kappa shape index (κ3) is 10.9. The molecule has 0 saturated carbocycles. The minimum absolute atomic E-state index is 0.0729. The molecule has 0 aliphatic carbocycles. The molecule has 0 amide bonds. The van der Waals surface area contributed by atoms with E-state index in [1.165, 1.54) is 0 Å². The van der Waals surface area contributed by atoms with Crippen LogP contribution in [0.25, 0.3) is 0 Å². The molecule has 1 N–H and O–H groups in total. The summed E-state index contributed by atoms with van der Waals surface area (Å²) in [6, 6.07) is 0. The van der Waals surface area contributed by atoms with Crippen LogP contribution in [0.4, 0.5) is 0 Å². The van der Waals surface area contributed by atoms with Crippen molar-refractivity contribution < 1.29 is 29.0 Å². The van der Waals surface area contributed by atoms with Gasteiger partial charge in [-0.15, -0.1) is 0 Å². The van der Waals surface area contributed by atoms with Crippen molar-refractivity contribution in [1.82, 2.24) is 0 Å². The smallest absolute Gasteiger partial charge is 0.306 e. The average molecular weight is 373 g/mol. The molecule has 0 aromatic rings. The molecule has 2 atom stereocenters. The monoisotopic (exact) mass is 373 g/mol. The largest absolute Gasteiger partial charge is 0.471 e.